The van der Waals surface area contributed by atoms with Crippen LogP contribution in [-0.2, 0) is 0 Å². The third-order valence-corrected chi connectivity index (χ3v) is 10.7. The quantitative estimate of drug-likeness (QED) is 0.172. The molecule has 0 N–H and O–H groups in total. The van der Waals surface area contributed by atoms with Gasteiger partial charge in [-0.15, -0.1) is 0 Å². The predicted molar refractivity (Wildman–Crippen MR) is 229 cm³/mol. The van der Waals surface area contributed by atoms with Crippen molar-refractivity contribution in [2.24, 2.45) is 0 Å². The van der Waals surface area contributed by atoms with E-state index in [2.05, 4.69) is 168 Å². The molecule has 3 aromatic heterocycles. The molecule has 3 heterocycles. The summed E-state index contributed by atoms with van der Waals surface area (Å²) < 4.78 is 8.92. The molecule has 0 unspecified atom stereocenters. The van der Waals surface area contributed by atoms with E-state index in [4.69, 9.17) is 19.4 Å². The maximum absolute atomic E-state index is 6.74. The highest BCUT2D eigenvalue weighted by atomic mass is 16.3. The third kappa shape index (κ3) is 5.37. The van der Waals surface area contributed by atoms with Gasteiger partial charge in [-0.05, 0) is 63.7 Å². The van der Waals surface area contributed by atoms with Crippen LogP contribution < -0.4 is 0 Å². The molecule has 5 heteroatoms. The van der Waals surface area contributed by atoms with Crippen LogP contribution in [0.4, 0.5) is 0 Å². The lowest BCUT2D eigenvalue weighted by molar-refractivity contribution is 0.670. The summed E-state index contributed by atoms with van der Waals surface area (Å²) in [6.07, 6.45) is 0. The van der Waals surface area contributed by atoms with E-state index >= 15 is 0 Å². The summed E-state index contributed by atoms with van der Waals surface area (Å²) in [5.74, 6) is 1.68. The molecule has 11 rings (SSSR count). The predicted octanol–water partition coefficient (Wildman–Crippen LogP) is 13.2. The zero-order valence-corrected chi connectivity index (χ0v) is 30.2. The van der Waals surface area contributed by atoms with Gasteiger partial charge < -0.3 is 4.42 Å². The van der Waals surface area contributed by atoms with E-state index in [1.807, 2.05) is 30.3 Å². The molecule has 0 fully saturated rings. The lowest BCUT2D eigenvalue weighted by Crippen LogP contribution is -2.06. The summed E-state index contributed by atoms with van der Waals surface area (Å²) in [5.41, 5.74) is 12.0. The molecule has 262 valence electrons. The van der Waals surface area contributed by atoms with E-state index in [9.17, 15) is 0 Å². The first-order valence-electron chi connectivity index (χ1n) is 18.8. The van der Waals surface area contributed by atoms with Crippen LogP contribution in [0.5, 0.6) is 0 Å². The molecule has 0 saturated heterocycles. The highest BCUT2D eigenvalue weighted by Gasteiger charge is 2.23. The van der Waals surface area contributed by atoms with Crippen molar-refractivity contribution in [1.29, 1.82) is 0 Å². The summed E-state index contributed by atoms with van der Waals surface area (Å²) in [6.45, 7) is 0. The molecule has 0 aliphatic rings. The number of rotatable bonds is 6. The average Bonchev–Trinajstić information content (AvgIpc) is 3.83. The zero-order valence-electron chi connectivity index (χ0n) is 30.2. The van der Waals surface area contributed by atoms with Gasteiger partial charge in [0, 0.05) is 32.7 Å². The highest BCUT2D eigenvalue weighted by molar-refractivity contribution is 6.21. The van der Waals surface area contributed by atoms with Crippen molar-refractivity contribution < 1.29 is 4.42 Å². The second-order valence-corrected chi connectivity index (χ2v) is 14.0. The number of benzene rings is 8. The van der Waals surface area contributed by atoms with Gasteiger partial charge in [0.05, 0.1) is 5.52 Å². The Morgan fingerprint density at radius 3 is 1.43 bits per heavy atom. The molecule has 0 aliphatic carbocycles. The monoisotopic (exact) mass is 716 g/mol. The second-order valence-electron chi connectivity index (χ2n) is 14.0. The van der Waals surface area contributed by atoms with Gasteiger partial charge in [0.2, 0.25) is 5.95 Å². The number of para-hydroxylation sites is 1. The maximum atomic E-state index is 6.74. The molecule has 0 atom stereocenters. The SMILES string of the molecule is c1ccc(-c2cccc(-c3nc(-c4cccc(-c5ccccc5)c4)nc(-n4c5cc(-c6ccccc6)ccc5c5ccc6c7ccccc7oc6c54)n3)c2)cc1. The molecule has 56 heavy (non-hydrogen) atoms. The molecule has 0 bridgehead atoms. The van der Waals surface area contributed by atoms with Gasteiger partial charge in [-0.2, -0.15) is 9.97 Å². The molecule has 0 spiro atoms. The fourth-order valence-electron chi connectivity index (χ4n) is 7.96. The summed E-state index contributed by atoms with van der Waals surface area (Å²) in [6, 6.07) is 67.4. The Labute approximate surface area is 322 Å². The Morgan fingerprint density at radius 1 is 0.339 bits per heavy atom. The van der Waals surface area contributed by atoms with E-state index in [1.165, 1.54) is 0 Å². The van der Waals surface area contributed by atoms with Crippen LogP contribution in [0.25, 0.3) is 106 Å². The second kappa shape index (κ2) is 13.0. The largest absolute Gasteiger partial charge is 0.454 e. The van der Waals surface area contributed by atoms with Gasteiger partial charge in [-0.1, -0.05) is 164 Å². The Morgan fingerprint density at radius 2 is 0.821 bits per heavy atom. The van der Waals surface area contributed by atoms with Gasteiger partial charge in [0.15, 0.2) is 17.2 Å². The van der Waals surface area contributed by atoms with Crippen LogP contribution in [0, 0.1) is 0 Å². The van der Waals surface area contributed by atoms with E-state index in [0.717, 1.165) is 88.3 Å². The minimum Gasteiger partial charge on any atom is -0.454 e. The number of furan rings is 1. The number of nitrogens with zero attached hydrogens (tertiary/aromatic N) is 4. The van der Waals surface area contributed by atoms with Crippen molar-refractivity contribution in [3.05, 3.63) is 194 Å². The fraction of sp³-hybridized carbons (Fsp3) is 0. The summed E-state index contributed by atoms with van der Waals surface area (Å²) in [5, 5.41) is 4.26. The standard InChI is InChI=1S/C51H32N4O/c1-4-14-33(15-5-1)36-20-12-22-39(30-36)49-52-50(40-23-13-21-37(31-40)34-16-6-2-7-17-34)54-51(53-49)55-45-32-38(35-18-8-3-9-19-35)26-27-41(45)43-28-29-44-42-24-10-11-25-46(42)56-48(44)47(43)55/h1-32H. The first-order valence-corrected chi connectivity index (χ1v) is 18.8. The normalized spacial score (nSPS) is 11.6. The van der Waals surface area contributed by atoms with Gasteiger partial charge in [-0.25, -0.2) is 4.98 Å². The summed E-state index contributed by atoms with van der Waals surface area (Å²) in [7, 11) is 0. The van der Waals surface area contributed by atoms with Crippen molar-refractivity contribution in [1.82, 2.24) is 19.5 Å². The van der Waals surface area contributed by atoms with Crippen molar-refractivity contribution in [3.63, 3.8) is 0 Å². The van der Waals surface area contributed by atoms with Crippen LogP contribution in [0.15, 0.2) is 199 Å². The fourth-order valence-corrected chi connectivity index (χ4v) is 7.96. The zero-order chi connectivity index (χ0) is 37.0. The molecule has 0 amide bonds. The molecule has 0 saturated carbocycles. The van der Waals surface area contributed by atoms with Gasteiger partial charge in [0.25, 0.3) is 0 Å². The lowest BCUT2D eigenvalue weighted by Gasteiger charge is -2.13. The van der Waals surface area contributed by atoms with Crippen molar-refractivity contribution >= 4 is 43.7 Å². The molecule has 0 radical (unpaired) electrons. The van der Waals surface area contributed by atoms with Gasteiger partial charge in [0.1, 0.15) is 11.1 Å². The Balaban J connectivity index is 1.23. The minimum absolute atomic E-state index is 0.512. The smallest absolute Gasteiger partial charge is 0.238 e. The average molecular weight is 717 g/mol. The van der Waals surface area contributed by atoms with E-state index < -0.39 is 0 Å². The van der Waals surface area contributed by atoms with E-state index in [0.29, 0.717) is 17.6 Å². The summed E-state index contributed by atoms with van der Waals surface area (Å²) in [4.78, 5) is 15.9. The number of hydrogen-bond donors (Lipinski definition) is 0. The number of fused-ring (bicyclic) bond motifs is 7. The third-order valence-electron chi connectivity index (χ3n) is 10.7. The molecule has 8 aromatic carbocycles. The maximum Gasteiger partial charge on any atom is 0.238 e. The van der Waals surface area contributed by atoms with Crippen LogP contribution in [0.3, 0.4) is 0 Å². The van der Waals surface area contributed by atoms with Crippen molar-refractivity contribution in [3.8, 4) is 62.1 Å². The minimum atomic E-state index is 0.512. The number of hydrogen-bond acceptors (Lipinski definition) is 4. The Kier molecular flexibility index (Phi) is 7.42. The van der Waals surface area contributed by atoms with Crippen molar-refractivity contribution in [2.45, 2.75) is 0 Å². The molecular weight excluding hydrogens is 685 g/mol. The molecule has 5 nitrogen and oxygen atoms in total. The lowest BCUT2D eigenvalue weighted by atomic mass is 10.0. The Bertz CT molecular complexity index is 3140. The molecule has 11 aromatic rings. The van der Waals surface area contributed by atoms with E-state index in [1.54, 1.807) is 0 Å². The van der Waals surface area contributed by atoms with Gasteiger partial charge >= 0.3 is 0 Å². The molecule has 0 aliphatic heterocycles. The number of aromatic nitrogens is 4. The van der Waals surface area contributed by atoms with E-state index in [-0.39, 0.29) is 0 Å². The first-order chi connectivity index (χ1) is 27.7. The highest BCUT2D eigenvalue weighted by Crippen LogP contribution is 2.41. The van der Waals surface area contributed by atoms with Crippen molar-refractivity contribution in [2.75, 3.05) is 0 Å². The van der Waals surface area contributed by atoms with Gasteiger partial charge in [-0.3, -0.25) is 4.57 Å². The van der Waals surface area contributed by atoms with Crippen LogP contribution in [0.1, 0.15) is 0 Å². The Hall–Kier alpha value is -7.63. The topological polar surface area (TPSA) is 56.7 Å². The van der Waals surface area contributed by atoms with Crippen LogP contribution in [0.2, 0.25) is 0 Å². The molecular formula is C51H32N4O. The summed E-state index contributed by atoms with van der Waals surface area (Å²) >= 11 is 0. The first kappa shape index (κ1) is 31.9. The van der Waals surface area contributed by atoms with Crippen LogP contribution in [-0.4, -0.2) is 19.5 Å². The van der Waals surface area contributed by atoms with Crippen LogP contribution >= 0.6 is 0 Å².